The summed E-state index contributed by atoms with van der Waals surface area (Å²) in [4.78, 5) is 1.36. The van der Waals surface area contributed by atoms with Crippen LogP contribution in [0, 0.1) is 0 Å². The number of thioether (sulfide) groups is 1. The molecule has 0 bridgehead atoms. The van der Waals surface area contributed by atoms with Gasteiger partial charge in [-0.1, -0.05) is 12.1 Å². The lowest BCUT2D eigenvalue weighted by atomic mass is 10.1. The van der Waals surface area contributed by atoms with Gasteiger partial charge in [0.25, 0.3) is 0 Å². The number of hydrogen-bond donors (Lipinski definition) is 1. The summed E-state index contributed by atoms with van der Waals surface area (Å²) in [5.41, 5.74) is 1.53. The van der Waals surface area contributed by atoms with E-state index in [4.69, 9.17) is 4.74 Å². The zero-order chi connectivity index (χ0) is 14.4. The van der Waals surface area contributed by atoms with Crippen LogP contribution in [0.15, 0.2) is 29.2 Å². The number of rotatable bonds is 6. The third-order valence-corrected chi connectivity index (χ3v) is 4.52. The maximum absolute atomic E-state index is 5.65. The van der Waals surface area contributed by atoms with Crippen molar-refractivity contribution in [3.63, 3.8) is 0 Å². The Morgan fingerprint density at radius 2 is 2.00 bits per heavy atom. The molecular weight excluding hydrogens is 266 g/mol. The Morgan fingerprint density at radius 3 is 2.60 bits per heavy atom. The molecule has 0 aromatic heterocycles. The molecule has 1 aliphatic rings. The summed E-state index contributed by atoms with van der Waals surface area (Å²) in [6, 6.07) is 8.93. The van der Waals surface area contributed by atoms with Gasteiger partial charge in [-0.3, -0.25) is 0 Å². The molecule has 112 valence electrons. The molecule has 20 heavy (non-hydrogen) atoms. The van der Waals surface area contributed by atoms with Crippen molar-refractivity contribution in [3.8, 4) is 0 Å². The van der Waals surface area contributed by atoms with Crippen molar-refractivity contribution in [2.24, 2.45) is 0 Å². The highest BCUT2D eigenvalue weighted by Gasteiger charge is 2.14. The smallest absolute Gasteiger partial charge is 0.0584 e. The predicted octanol–water partition coefficient (Wildman–Crippen LogP) is 4.24. The molecule has 0 saturated carbocycles. The van der Waals surface area contributed by atoms with Gasteiger partial charge in [0.15, 0.2) is 0 Å². The number of hydrogen-bond acceptors (Lipinski definition) is 3. The Balaban J connectivity index is 1.70. The molecule has 1 aromatic carbocycles. The molecule has 1 fully saturated rings. The summed E-state index contributed by atoms with van der Waals surface area (Å²) in [6.07, 6.45) is 4.18. The maximum atomic E-state index is 5.65. The molecule has 0 amide bonds. The van der Waals surface area contributed by atoms with Gasteiger partial charge in [-0.15, -0.1) is 11.8 Å². The second kappa shape index (κ2) is 7.48. The first kappa shape index (κ1) is 15.9. The molecule has 0 spiro atoms. The minimum Gasteiger partial charge on any atom is -0.378 e. The summed E-state index contributed by atoms with van der Waals surface area (Å²) in [5.74, 6) is 1.16. The Morgan fingerprint density at radius 1 is 1.25 bits per heavy atom. The van der Waals surface area contributed by atoms with Gasteiger partial charge in [0.2, 0.25) is 0 Å². The van der Waals surface area contributed by atoms with E-state index in [1.54, 1.807) is 0 Å². The van der Waals surface area contributed by atoms with Crippen molar-refractivity contribution in [1.29, 1.82) is 0 Å². The molecule has 1 atom stereocenters. The highest BCUT2D eigenvalue weighted by Crippen LogP contribution is 2.23. The predicted molar refractivity (Wildman–Crippen MR) is 87.3 cm³/mol. The summed E-state index contributed by atoms with van der Waals surface area (Å²) >= 11 is 1.94. The topological polar surface area (TPSA) is 21.3 Å². The minimum atomic E-state index is 0.175. The molecular formula is C17H27NOS. The van der Waals surface area contributed by atoms with E-state index in [-0.39, 0.29) is 5.54 Å². The average molecular weight is 293 g/mol. The fourth-order valence-corrected chi connectivity index (χ4v) is 3.20. The van der Waals surface area contributed by atoms with Crippen LogP contribution >= 0.6 is 11.8 Å². The van der Waals surface area contributed by atoms with Crippen molar-refractivity contribution in [3.05, 3.63) is 29.8 Å². The van der Waals surface area contributed by atoms with E-state index < -0.39 is 0 Å². The Bertz CT molecular complexity index is 390. The number of nitrogens with one attached hydrogen (secondary N) is 1. The highest BCUT2D eigenvalue weighted by molar-refractivity contribution is 7.99. The normalized spacial score (nSPS) is 19.4. The molecule has 0 radical (unpaired) electrons. The second-order valence-corrected chi connectivity index (χ2v) is 7.69. The summed E-state index contributed by atoms with van der Waals surface area (Å²) in [6.45, 7) is 8.49. The van der Waals surface area contributed by atoms with Gasteiger partial charge in [0.05, 0.1) is 6.10 Å². The van der Waals surface area contributed by atoms with E-state index in [0.29, 0.717) is 6.10 Å². The van der Waals surface area contributed by atoms with Gasteiger partial charge >= 0.3 is 0 Å². The van der Waals surface area contributed by atoms with Crippen LogP contribution in [0.2, 0.25) is 0 Å². The van der Waals surface area contributed by atoms with Crippen molar-refractivity contribution in [2.75, 3.05) is 12.4 Å². The maximum Gasteiger partial charge on any atom is 0.0584 e. The van der Waals surface area contributed by atoms with Gasteiger partial charge in [-0.25, -0.2) is 0 Å². The van der Waals surface area contributed by atoms with Crippen LogP contribution in [0.4, 0.5) is 0 Å². The molecule has 1 heterocycles. The largest absolute Gasteiger partial charge is 0.378 e. The van der Waals surface area contributed by atoms with E-state index in [0.717, 1.165) is 18.9 Å². The highest BCUT2D eigenvalue weighted by atomic mass is 32.2. The van der Waals surface area contributed by atoms with Gasteiger partial charge in [-0.2, -0.15) is 0 Å². The Labute approximate surface area is 127 Å². The molecule has 1 N–H and O–H groups in total. The molecule has 0 aliphatic carbocycles. The zero-order valence-electron chi connectivity index (χ0n) is 12.9. The summed E-state index contributed by atoms with van der Waals surface area (Å²) in [5, 5.41) is 3.51. The standard InChI is InChI=1S/C17H27NOS/c1-17(2,3)18-13-14-6-8-16(9-7-14)20-12-10-15-5-4-11-19-15/h6-9,15,18H,4-5,10-13H2,1-3H3. The van der Waals surface area contributed by atoms with Crippen LogP contribution in [0.5, 0.6) is 0 Å². The average Bonchev–Trinajstić information content (AvgIpc) is 2.90. The molecule has 3 heteroatoms. The molecule has 2 rings (SSSR count). The van der Waals surface area contributed by atoms with Crippen molar-refractivity contribution in [2.45, 2.75) is 63.1 Å². The first-order chi connectivity index (χ1) is 9.53. The monoisotopic (exact) mass is 293 g/mol. The fourth-order valence-electron chi connectivity index (χ4n) is 2.25. The van der Waals surface area contributed by atoms with Crippen LogP contribution in [0.25, 0.3) is 0 Å². The first-order valence-electron chi connectivity index (χ1n) is 7.61. The summed E-state index contributed by atoms with van der Waals surface area (Å²) in [7, 11) is 0. The lowest BCUT2D eigenvalue weighted by Gasteiger charge is -2.20. The summed E-state index contributed by atoms with van der Waals surface area (Å²) < 4.78 is 5.65. The van der Waals surface area contributed by atoms with Crippen LogP contribution in [0.1, 0.15) is 45.6 Å². The van der Waals surface area contributed by atoms with E-state index in [1.165, 1.54) is 29.7 Å². The molecule has 1 saturated heterocycles. The Hall–Kier alpha value is -0.510. The van der Waals surface area contributed by atoms with Crippen molar-refractivity contribution in [1.82, 2.24) is 5.32 Å². The SMILES string of the molecule is CC(C)(C)NCc1ccc(SCCC2CCCO2)cc1. The number of benzene rings is 1. The Kier molecular flexibility index (Phi) is 5.94. The van der Waals surface area contributed by atoms with Crippen LogP contribution in [0.3, 0.4) is 0 Å². The van der Waals surface area contributed by atoms with E-state index >= 15 is 0 Å². The number of ether oxygens (including phenoxy) is 1. The minimum absolute atomic E-state index is 0.175. The third kappa shape index (κ3) is 5.86. The van der Waals surface area contributed by atoms with E-state index in [1.807, 2.05) is 11.8 Å². The van der Waals surface area contributed by atoms with Crippen LogP contribution < -0.4 is 5.32 Å². The van der Waals surface area contributed by atoms with Gasteiger partial charge < -0.3 is 10.1 Å². The lowest BCUT2D eigenvalue weighted by molar-refractivity contribution is 0.109. The van der Waals surface area contributed by atoms with Gasteiger partial charge in [-0.05, 0) is 57.7 Å². The first-order valence-corrected chi connectivity index (χ1v) is 8.60. The zero-order valence-corrected chi connectivity index (χ0v) is 13.8. The van der Waals surface area contributed by atoms with Gasteiger partial charge in [0, 0.05) is 29.3 Å². The lowest BCUT2D eigenvalue weighted by Crippen LogP contribution is -2.35. The second-order valence-electron chi connectivity index (χ2n) is 6.52. The van der Waals surface area contributed by atoms with Crippen LogP contribution in [-0.4, -0.2) is 24.0 Å². The molecule has 1 aliphatic heterocycles. The van der Waals surface area contributed by atoms with Gasteiger partial charge in [0.1, 0.15) is 0 Å². The molecule has 2 nitrogen and oxygen atoms in total. The fraction of sp³-hybridized carbons (Fsp3) is 0.647. The quantitative estimate of drug-likeness (QED) is 0.793. The van der Waals surface area contributed by atoms with Crippen LogP contribution in [-0.2, 0) is 11.3 Å². The third-order valence-electron chi connectivity index (χ3n) is 3.48. The molecule has 1 unspecified atom stereocenters. The van der Waals surface area contributed by atoms with Crippen molar-refractivity contribution >= 4 is 11.8 Å². The van der Waals surface area contributed by atoms with E-state index in [9.17, 15) is 0 Å². The van der Waals surface area contributed by atoms with Crippen molar-refractivity contribution < 1.29 is 4.74 Å². The molecule has 1 aromatic rings. The van der Waals surface area contributed by atoms with E-state index in [2.05, 4.69) is 50.4 Å².